The van der Waals surface area contributed by atoms with Gasteiger partial charge in [-0.3, -0.25) is 4.79 Å². The Morgan fingerprint density at radius 3 is 2.54 bits per heavy atom. The SMILES string of the molecule is COc1cccc(OC)c1OCC(O)CNC(=O)c1cc(-c2ccco2)nc2c1cnn2C(C)C. The molecule has 1 amide bonds. The lowest BCUT2D eigenvalue weighted by Crippen LogP contribution is -2.35. The molecule has 0 fully saturated rings. The van der Waals surface area contributed by atoms with Crippen LogP contribution >= 0.6 is 0 Å². The minimum Gasteiger partial charge on any atom is -0.493 e. The Balaban J connectivity index is 1.50. The molecule has 4 rings (SSSR count). The zero-order valence-corrected chi connectivity index (χ0v) is 20.0. The second kappa shape index (κ2) is 10.5. The van der Waals surface area contributed by atoms with Gasteiger partial charge in [0.25, 0.3) is 5.91 Å². The minimum atomic E-state index is -0.978. The van der Waals surface area contributed by atoms with E-state index in [0.29, 0.717) is 45.3 Å². The maximum Gasteiger partial charge on any atom is 0.252 e. The van der Waals surface area contributed by atoms with E-state index in [9.17, 15) is 9.90 Å². The zero-order chi connectivity index (χ0) is 24.9. The molecule has 0 saturated heterocycles. The fraction of sp³-hybridized carbons (Fsp3) is 0.320. The number of rotatable bonds is 10. The molecule has 0 radical (unpaired) electrons. The molecule has 3 aromatic heterocycles. The van der Waals surface area contributed by atoms with Crippen LogP contribution in [0.2, 0.25) is 0 Å². The van der Waals surface area contributed by atoms with E-state index in [-0.39, 0.29) is 25.1 Å². The van der Waals surface area contributed by atoms with Crippen molar-refractivity contribution in [2.75, 3.05) is 27.4 Å². The van der Waals surface area contributed by atoms with Crippen LogP contribution in [0.25, 0.3) is 22.5 Å². The van der Waals surface area contributed by atoms with E-state index in [1.807, 2.05) is 13.8 Å². The minimum absolute atomic E-state index is 0.0332. The molecule has 0 aliphatic heterocycles. The van der Waals surface area contributed by atoms with Crippen LogP contribution in [-0.4, -0.2) is 59.3 Å². The Morgan fingerprint density at radius 2 is 1.91 bits per heavy atom. The molecule has 0 aliphatic carbocycles. The molecule has 1 atom stereocenters. The van der Waals surface area contributed by atoms with Gasteiger partial charge in [-0.05, 0) is 44.2 Å². The number of nitrogens with one attached hydrogen (secondary N) is 1. The lowest BCUT2D eigenvalue weighted by atomic mass is 10.1. The van der Waals surface area contributed by atoms with E-state index in [0.717, 1.165) is 0 Å². The van der Waals surface area contributed by atoms with Crippen molar-refractivity contribution in [2.45, 2.75) is 26.0 Å². The highest BCUT2D eigenvalue weighted by atomic mass is 16.5. The summed E-state index contributed by atoms with van der Waals surface area (Å²) in [6.45, 7) is 3.86. The Kier molecular flexibility index (Phi) is 7.21. The third-order valence-corrected chi connectivity index (χ3v) is 5.38. The van der Waals surface area contributed by atoms with Gasteiger partial charge < -0.3 is 29.1 Å². The van der Waals surface area contributed by atoms with Gasteiger partial charge in [0.05, 0.1) is 37.6 Å². The van der Waals surface area contributed by atoms with Gasteiger partial charge in [0.15, 0.2) is 22.9 Å². The van der Waals surface area contributed by atoms with Crippen LogP contribution in [-0.2, 0) is 0 Å². The van der Waals surface area contributed by atoms with Gasteiger partial charge in [-0.2, -0.15) is 5.10 Å². The van der Waals surface area contributed by atoms with Crippen LogP contribution in [0.4, 0.5) is 0 Å². The van der Waals surface area contributed by atoms with Crippen LogP contribution in [0.3, 0.4) is 0 Å². The molecule has 0 bridgehead atoms. The number of carbonyl (C=O) groups excluding carboxylic acids is 1. The number of aliphatic hydroxyl groups excluding tert-OH is 1. The molecule has 0 spiro atoms. The highest BCUT2D eigenvalue weighted by molar-refractivity contribution is 6.06. The molecule has 4 aromatic rings. The number of ether oxygens (including phenoxy) is 3. The van der Waals surface area contributed by atoms with Gasteiger partial charge in [0, 0.05) is 12.6 Å². The van der Waals surface area contributed by atoms with Crippen molar-refractivity contribution in [3.05, 3.63) is 54.4 Å². The number of furan rings is 1. The topological polar surface area (TPSA) is 121 Å². The Bertz CT molecular complexity index is 1280. The van der Waals surface area contributed by atoms with Gasteiger partial charge in [-0.25, -0.2) is 9.67 Å². The summed E-state index contributed by atoms with van der Waals surface area (Å²) in [5, 5.41) is 18.2. The lowest BCUT2D eigenvalue weighted by molar-refractivity contribution is 0.0835. The standard InChI is InChI=1S/C25H28N4O6/c1-15(2)29-24-18(13-27-29)17(11-19(28-24)20-9-6-10-34-20)25(31)26-12-16(30)14-35-23-21(32-3)7-5-8-22(23)33-4/h5-11,13,15-16,30H,12,14H2,1-4H3,(H,26,31). The molecule has 0 saturated carbocycles. The summed E-state index contributed by atoms with van der Waals surface area (Å²) in [6, 6.07) is 10.5. The second-order valence-electron chi connectivity index (χ2n) is 8.12. The van der Waals surface area contributed by atoms with Gasteiger partial charge in [0.1, 0.15) is 18.4 Å². The Hall–Kier alpha value is -4.05. The summed E-state index contributed by atoms with van der Waals surface area (Å²) in [7, 11) is 3.04. The van der Waals surface area contributed by atoms with Crippen molar-refractivity contribution in [1.29, 1.82) is 0 Å². The molecule has 10 heteroatoms. The average molecular weight is 481 g/mol. The van der Waals surface area contributed by atoms with Gasteiger partial charge in [-0.1, -0.05) is 6.07 Å². The highest BCUT2D eigenvalue weighted by Crippen LogP contribution is 2.36. The van der Waals surface area contributed by atoms with Crippen molar-refractivity contribution < 1.29 is 28.5 Å². The predicted octanol–water partition coefficient (Wildman–Crippen LogP) is 3.46. The second-order valence-corrected chi connectivity index (χ2v) is 8.12. The molecule has 1 unspecified atom stereocenters. The van der Waals surface area contributed by atoms with Crippen molar-refractivity contribution in [3.8, 4) is 28.7 Å². The maximum atomic E-state index is 13.1. The number of fused-ring (bicyclic) bond motifs is 1. The third kappa shape index (κ3) is 5.07. The summed E-state index contributed by atoms with van der Waals surface area (Å²) in [5.41, 5.74) is 1.47. The maximum absolute atomic E-state index is 13.1. The van der Waals surface area contributed by atoms with Crippen molar-refractivity contribution >= 4 is 16.9 Å². The first-order valence-corrected chi connectivity index (χ1v) is 11.1. The van der Waals surface area contributed by atoms with Gasteiger partial charge in [0.2, 0.25) is 5.75 Å². The molecule has 10 nitrogen and oxygen atoms in total. The number of carbonyl (C=O) groups is 1. The molecule has 184 valence electrons. The van der Waals surface area contributed by atoms with Crippen LogP contribution in [0, 0.1) is 0 Å². The van der Waals surface area contributed by atoms with E-state index in [1.165, 1.54) is 14.2 Å². The smallest absolute Gasteiger partial charge is 0.252 e. The monoisotopic (exact) mass is 480 g/mol. The van der Waals surface area contributed by atoms with E-state index in [1.54, 1.807) is 53.5 Å². The number of benzene rings is 1. The van der Waals surface area contributed by atoms with Crippen LogP contribution in [0.15, 0.2) is 53.3 Å². The van der Waals surface area contributed by atoms with E-state index in [4.69, 9.17) is 18.6 Å². The number of aliphatic hydroxyl groups is 1. The Labute approximate surface area is 202 Å². The molecule has 0 aliphatic rings. The summed E-state index contributed by atoms with van der Waals surface area (Å²) in [4.78, 5) is 17.8. The first kappa shape index (κ1) is 24.1. The molecule has 2 N–H and O–H groups in total. The molecule has 35 heavy (non-hydrogen) atoms. The first-order valence-electron chi connectivity index (χ1n) is 11.1. The molecular weight excluding hydrogens is 452 g/mol. The summed E-state index contributed by atoms with van der Waals surface area (Å²) < 4.78 is 23.6. The van der Waals surface area contributed by atoms with E-state index < -0.39 is 6.10 Å². The summed E-state index contributed by atoms with van der Waals surface area (Å²) in [6.07, 6.45) is 2.19. The number of hydrogen-bond acceptors (Lipinski definition) is 8. The normalized spacial score (nSPS) is 12.1. The highest BCUT2D eigenvalue weighted by Gasteiger charge is 2.20. The Morgan fingerprint density at radius 1 is 1.17 bits per heavy atom. The fourth-order valence-electron chi connectivity index (χ4n) is 3.64. The number of hydrogen-bond donors (Lipinski definition) is 2. The average Bonchev–Trinajstić information content (AvgIpc) is 3.55. The molecule has 3 heterocycles. The summed E-state index contributed by atoms with van der Waals surface area (Å²) in [5.74, 6) is 1.50. The largest absolute Gasteiger partial charge is 0.493 e. The molecule has 1 aromatic carbocycles. The first-order chi connectivity index (χ1) is 16.9. The zero-order valence-electron chi connectivity index (χ0n) is 20.0. The number of para-hydroxylation sites is 1. The quantitative estimate of drug-likeness (QED) is 0.354. The predicted molar refractivity (Wildman–Crippen MR) is 129 cm³/mol. The number of amides is 1. The van der Waals surface area contributed by atoms with E-state index in [2.05, 4.69) is 15.4 Å². The van der Waals surface area contributed by atoms with Crippen LogP contribution in [0.5, 0.6) is 17.2 Å². The lowest BCUT2D eigenvalue weighted by Gasteiger charge is -2.17. The van der Waals surface area contributed by atoms with E-state index >= 15 is 0 Å². The molecular formula is C25H28N4O6. The van der Waals surface area contributed by atoms with Gasteiger partial charge >= 0.3 is 0 Å². The van der Waals surface area contributed by atoms with Crippen LogP contribution in [0.1, 0.15) is 30.2 Å². The number of aromatic nitrogens is 3. The van der Waals surface area contributed by atoms with Crippen molar-refractivity contribution in [3.63, 3.8) is 0 Å². The number of methoxy groups -OCH3 is 2. The van der Waals surface area contributed by atoms with Crippen LogP contribution < -0.4 is 19.5 Å². The fourth-order valence-corrected chi connectivity index (χ4v) is 3.64. The number of pyridine rings is 1. The van der Waals surface area contributed by atoms with Crippen molar-refractivity contribution in [1.82, 2.24) is 20.1 Å². The summed E-state index contributed by atoms with van der Waals surface area (Å²) >= 11 is 0. The third-order valence-electron chi connectivity index (χ3n) is 5.38. The number of nitrogens with zero attached hydrogens (tertiary/aromatic N) is 3. The van der Waals surface area contributed by atoms with Crippen molar-refractivity contribution in [2.24, 2.45) is 0 Å². The van der Waals surface area contributed by atoms with Gasteiger partial charge in [-0.15, -0.1) is 0 Å².